The van der Waals surface area contributed by atoms with Crippen LogP contribution < -0.4 is 8.37 Å². The Morgan fingerprint density at radius 2 is 1.08 bits per heavy atom. The Bertz CT molecular complexity index is 1790. The number of benzene rings is 2. The van der Waals surface area contributed by atoms with Crippen molar-refractivity contribution in [2.24, 2.45) is 34.5 Å². The first-order valence-corrected chi connectivity index (χ1v) is 19.2. The van der Waals surface area contributed by atoms with Crippen LogP contribution >= 0.6 is 0 Å². The summed E-state index contributed by atoms with van der Waals surface area (Å²) in [7, 11) is -4.72. The minimum absolute atomic E-state index is 0.0216. The lowest BCUT2D eigenvalue weighted by molar-refractivity contribution is -0.0648. The van der Waals surface area contributed by atoms with Crippen molar-refractivity contribution < 1.29 is 37.2 Å². The van der Waals surface area contributed by atoms with Gasteiger partial charge in [-0.2, -0.15) is 0 Å². The summed E-state index contributed by atoms with van der Waals surface area (Å²) in [6.07, 6.45) is 20.2. The molecule has 4 saturated carbocycles. The van der Waals surface area contributed by atoms with Crippen molar-refractivity contribution in [2.75, 3.05) is 0 Å². The number of terminal acetylenes is 2. The van der Waals surface area contributed by atoms with Crippen molar-refractivity contribution in [3.63, 3.8) is 0 Å². The van der Waals surface area contributed by atoms with Crippen molar-refractivity contribution in [1.29, 1.82) is 0 Å². The van der Waals surface area contributed by atoms with E-state index in [1.54, 1.807) is 12.1 Å². The zero-order valence-corrected chi connectivity index (χ0v) is 29.1. The molecule has 6 aliphatic rings. The summed E-state index contributed by atoms with van der Waals surface area (Å²) < 4.78 is 39.4. The maximum absolute atomic E-state index is 13.9. The first-order chi connectivity index (χ1) is 23.2. The first-order valence-electron chi connectivity index (χ1n) is 17.9. The smallest absolute Gasteiger partial charge is 0.501 e. The number of phenols is 2. The van der Waals surface area contributed by atoms with E-state index in [1.165, 1.54) is 12.1 Å². The quantitative estimate of drug-likeness (QED) is 0.278. The summed E-state index contributed by atoms with van der Waals surface area (Å²) in [5.74, 6) is 5.99. The van der Waals surface area contributed by atoms with Crippen LogP contribution in [0.4, 0.5) is 0 Å². The van der Waals surface area contributed by atoms with Crippen molar-refractivity contribution in [3.05, 3.63) is 46.5 Å². The maximum atomic E-state index is 13.9. The van der Waals surface area contributed by atoms with E-state index in [-0.39, 0.29) is 58.5 Å². The van der Waals surface area contributed by atoms with Gasteiger partial charge in [0, 0.05) is 34.1 Å². The number of rotatable bonds is 4. The summed E-state index contributed by atoms with van der Waals surface area (Å²) in [5, 5.41) is 44.1. The normalized spacial score (nSPS) is 40.3. The van der Waals surface area contributed by atoms with Gasteiger partial charge in [-0.15, -0.1) is 21.3 Å². The van der Waals surface area contributed by atoms with Crippen LogP contribution in [0.2, 0.25) is 0 Å². The van der Waals surface area contributed by atoms with E-state index in [9.17, 15) is 28.8 Å². The van der Waals surface area contributed by atoms with Crippen molar-refractivity contribution in [1.82, 2.24) is 0 Å². The van der Waals surface area contributed by atoms with Crippen LogP contribution in [-0.4, -0.2) is 40.0 Å². The molecule has 260 valence electrons. The van der Waals surface area contributed by atoms with Crippen LogP contribution in [0.1, 0.15) is 112 Å². The topological polar surface area (TPSA) is 134 Å². The van der Waals surface area contributed by atoms with Gasteiger partial charge in [-0.25, -0.2) is 0 Å². The molecule has 2 unspecified atom stereocenters. The van der Waals surface area contributed by atoms with Gasteiger partial charge in [0.15, 0.2) is 11.5 Å². The van der Waals surface area contributed by atoms with E-state index in [4.69, 9.17) is 21.2 Å². The Labute approximate surface area is 289 Å². The third-order valence-electron chi connectivity index (χ3n) is 14.7. The Morgan fingerprint density at radius 1 is 0.673 bits per heavy atom. The molecule has 0 spiro atoms. The highest BCUT2D eigenvalue weighted by molar-refractivity contribution is 7.82. The van der Waals surface area contributed by atoms with Crippen molar-refractivity contribution >= 4 is 10.4 Å². The lowest BCUT2D eigenvalue weighted by atomic mass is 9.53. The zero-order chi connectivity index (χ0) is 34.7. The molecule has 4 fully saturated rings. The molecule has 0 amide bonds. The molecule has 0 bridgehead atoms. The zero-order valence-electron chi connectivity index (χ0n) is 28.2. The third-order valence-corrected chi connectivity index (χ3v) is 15.5. The number of aliphatic hydroxyl groups is 2. The van der Waals surface area contributed by atoms with Crippen LogP contribution in [0.3, 0.4) is 0 Å². The van der Waals surface area contributed by atoms with Gasteiger partial charge in [-0.1, -0.05) is 25.7 Å². The fraction of sp³-hybridized carbons (Fsp3) is 0.600. The molecule has 10 atom stereocenters. The predicted octanol–water partition coefficient (Wildman–Crippen LogP) is 6.24. The van der Waals surface area contributed by atoms with E-state index >= 15 is 0 Å². The van der Waals surface area contributed by atoms with E-state index in [1.807, 2.05) is 0 Å². The van der Waals surface area contributed by atoms with Gasteiger partial charge in [0.25, 0.3) is 0 Å². The average molecular weight is 687 g/mol. The number of aryl methyl sites for hydroxylation is 2. The molecule has 6 aliphatic carbocycles. The Hall–Kier alpha value is -3.37. The van der Waals surface area contributed by atoms with Crippen molar-refractivity contribution in [3.8, 4) is 47.7 Å². The molecule has 0 radical (unpaired) electrons. The Balaban J connectivity index is 1.11. The van der Waals surface area contributed by atoms with Crippen LogP contribution in [0.5, 0.6) is 23.0 Å². The summed E-state index contributed by atoms with van der Waals surface area (Å²) in [6.45, 7) is 4.19. The second-order valence-electron chi connectivity index (χ2n) is 16.4. The molecule has 0 heterocycles. The number of hydrogen-bond acceptors (Lipinski definition) is 8. The highest BCUT2D eigenvalue weighted by Gasteiger charge is 2.63. The van der Waals surface area contributed by atoms with E-state index in [0.29, 0.717) is 51.4 Å². The molecule has 2 aromatic carbocycles. The van der Waals surface area contributed by atoms with Crippen LogP contribution in [0, 0.1) is 59.2 Å². The lowest BCUT2D eigenvalue weighted by Gasteiger charge is -2.52. The number of fused-ring (bicyclic) bond motifs is 10. The second kappa shape index (κ2) is 10.8. The summed E-state index contributed by atoms with van der Waals surface area (Å²) >= 11 is 0. The summed E-state index contributed by atoms with van der Waals surface area (Å²) in [6, 6.07) is 6.09. The number of aromatic hydroxyl groups is 2. The standard InChI is InChI=1S/C40H46O8S/c1-5-39(43)17-13-31-27-9-7-23-19-25(41)21-33(35(23)29(27)11-15-37(31,39)3)47-49(45,46)48-34-22-26(42)20-24-8-10-28-30(36(24)34)12-16-38(4)32(28)14-18-40(38,44)6-2/h1-2,19-22,27-32,41-44H,7-18H2,3-4H3/t27-,28-,29+,30+,31+,32+,37?,38?,39+,40+/m1/s1. The minimum atomic E-state index is -4.72. The SMILES string of the molecule is C#C[C@]1(O)CC[C@H]2[C@@H]3CCc4cc(O)cc(OS(=O)(=O)Oc5cc(O)cc6c5[C@H]5CCC7(C)[C@@H](CC[C@@]7(O)C#C)[C@@H]5CC6)c4[C@H]3CCC21C. The average Bonchev–Trinajstić information content (AvgIpc) is 3.49. The molecule has 9 heteroatoms. The fourth-order valence-electron chi connectivity index (χ4n) is 12.2. The van der Waals surface area contributed by atoms with Gasteiger partial charge in [-0.3, -0.25) is 0 Å². The Kier molecular flexibility index (Phi) is 7.24. The molecule has 2 aromatic rings. The largest absolute Gasteiger partial charge is 0.508 e. The van der Waals surface area contributed by atoms with Gasteiger partial charge < -0.3 is 28.8 Å². The summed E-state index contributed by atoms with van der Waals surface area (Å²) in [4.78, 5) is 0. The third kappa shape index (κ3) is 4.61. The molecule has 8 rings (SSSR count). The van der Waals surface area contributed by atoms with Crippen LogP contribution in [0.15, 0.2) is 24.3 Å². The fourth-order valence-corrected chi connectivity index (χ4v) is 13.0. The second-order valence-corrected chi connectivity index (χ2v) is 17.6. The molecule has 8 nitrogen and oxygen atoms in total. The molecule has 0 saturated heterocycles. The molecule has 4 N–H and O–H groups in total. The number of phenolic OH excluding ortho intramolecular Hbond substituents is 2. The molecular weight excluding hydrogens is 640 g/mol. The van der Waals surface area contributed by atoms with Crippen LogP contribution in [0.25, 0.3) is 0 Å². The Morgan fingerprint density at radius 3 is 1.47 bits per heavy atom. The van der Waals surface area contributed by atoms with E-state index < -0.39 is 32.4 Å². The molecule has 0 aliphatic heterocycles. The van der Waals surface area contributed by atoms with Crippen molar-refractivity contribution in [2.45, 2.75) is 114 Å². The van der Waals surface area contributed by atoms with Gasteiger partial charge in [0.2, 0.25) is 0 Å². The monoisotopic (exact) mass is 686 g/mol. The maximum Gasteiger partial charge on any atom is 0.501 e. The van der Waals surface area contributed by atoms with Gasteiger partial charge in [0.05, 0.1) is 0 Å². The van der Waals surface area contributed by atoms with Crippen LogP contribution in [-0.2, 0) is 23.2 Å². The van der Waals surface area contributed by atoms with E-state index in [0.717, 1.165) is 47.9 Å². The van der Waals surface area contributed by atoms with E-state index in [2.05, 4.69) is 25.7 Å². The van der Waals surface area contributed by atoms with Gasteiger partial charge >= 0.3 is 10.4 Å². The molecule has 49 heavy (non-hydrogen) atoms. The number of hydrogen-bond donors (Lipinski definition) is 4. The molecule has 0 aromatic heterocycles. The summed E-state index contributed by atoms with van der Waals surface area (Å²) in [5.41, 5.74) is 0.0780. The van der Waals surface area contributed by atoms with Gasteiger partial charge in [0.1, 0.15) is 22.7 Å². The highest BCUT2D eigenvalue weighted by atomic mass is 32.3. The lowest BCUT2D eigenvalue weighted by Crippen LogP contribution is -2.50. The molecular formula is C40H46O8S. The van der Waals surface area contributed by atoms with Gasteiger partial charge in [-0.05, 0) is 136 Å². The minimum Gasteiger partial charge on any atom is -0.508 e. The first kappa shape index (κ1) is 32.8. The highest BCUT2D eigenvalue weighted by Crippen LogP contribution is 2.66. The predicted molar refractivity (Wildman–Crippen MR) is 183 cm³/mol.